The van der Waals surface area contributed by atoms with Gasteiger partial charge in [-0.25, -0.2) is 5.43 Å². The summed E-state index contributed by atoms with van der Waals surface area (Å²) in [6, 6.07) is 21.2. The van der Waals surface area contributed by atoms with Gasteiger partial charge in [0.05, 0.1) is 12.6 Å². The fourth-order valence-electron chi connectivity index (χ4n) is 2.39. The van der Waals surface area contributed by atoms with Crippen LogP contribution in [0.3, 0.4) is 0 Å². The Hall–Kier alpha value is -2.65. The number of hydrazone groups is 1. The number of fused-ring (bicyclic) bond motifs is 1. The molecule has 3 rings (SSSR count). The first kappa shape index (κ1) is 15.3. The fraction of sp³-hybridized carbons (Fsp3) is 0.0526. The quantitative estimate of drug-likeness (QED) is 0.568. The third kappa shape index (κ3) is 3.96. The lowest BCUT2D eigenvalue weighted by atomic mass is 10.0. The normalized spacial score (nSPS) is 11.0. The standard InChI is InChI=1S/C19H15ClN2O/c20-17-10-8-14(9-11-17)13-21-22-19(23)12-16-6-3-5-15-4-1-2-7-18(15)16/h1-11,13H,12H2,(H,22,23)/b21-13-. The molecule has 0 aliphatic heterocycles. The maximum atomic E-state index is 12.1. The minimum Gasteiger partial charge on any atom is -0.273 e. The van der Waals surface area contributed by atoms with Crippen molar-refractivity contribution >= 4 is 34.5 Å². The largest absolute Gasteiger partial charge is 0.273 e. The van der Waals surface area contributed by atoms with E-state index in [2.05, 4.69) is 10.5 Å². The second-order valence-corrected chi connectivity index (χ2v) is 5.60. The molecule has 0 aromatic heterocycles. The summed E-state index contributed by atoms with van der Waals surface area (Å²) in [6.07, 6.45) is 1.89. The van der Waals surface area contributed by atoms with Crippen LogP contribution in [0.2, 0.25) is 5.02 Å². The molecular weight excluding hydrogens is 308 g/mol. The average molecular weight is 323 g/mol. The Morgan fingerprint density at radius 1 is 1.00 bits per heavy atom. The maximum absolute atomic E-state index is 12.1. The molecule has 1 amide bonds. The Bertz CT molecular complexity index is 851. The summed E-state index contributed by atoms with van der Waals surface area (Å²) in [7, 11) is 0. The molecule has 0 atom stereocenters. The topological polar surface area (TPSA) is 41.5 Å². The number of hydrogen-bond acceptors (Lipinski definition) is 2. The van der Waals surface area contributed by atoms with Crippen LogP contribution >= 0.6 is 11.6 Å². The molecule has 4 heteroatoms. The number of hydrogen-bond donors (Lipinski definition) is 1. The molecular formula is C19H15ClN2O. The molecule has 0 aliphatic rings. The summed E-state index contributed by atoms with van der Waals surface area (Å²) in [5, 5.41) is 6.87. The molecule has 3 aromatic carbocycles. The molecule has 0 aliphatic carbocycles. The lowest BCUT2D eigenvalue weighted by molar-refractivity contribution is -0.120. The smallest absolute Gasteiger partial charge is 0.244 e. The van der Waals surface area contributed by atoms with E-state index in [1.54, 1.807) is 18.3 Å². The van der Waals surface area contributed by atoms with Gasteiger partial charge in [0, 0.05) is 5.02 Å². The third-order valence-electron chi connectivity index (χ3n) is 3.50. The predicted octanol–water partition coefficient (Wildman–Crippen LogP) is 4.19. The van der Waals surface area contributed by atoms with Crippen LogP contribution < -0.4 is 5.43 Å². The Kier molecular flexibility index (Phi) is 4.69. The minimum absolute atomic E-state index is 0.147. The Labute approximate surface area is 139 Å². The lowest BCUT2D eigenvalue weighted by Crippen LogP contribution is -2.19. The van der Waals surface area contributed by atoms with E-state index in [-0.39, 0.29) is 5.91 Å². The van der Waals surface area contributed by atoms with Crippen molar-refractivity contribution in [2.45, 2.75) is 6.42 Å². The highest BCUT2D eigenvalue weighted by molar-refractivity contribution is 6.30. The third-order valence-corrected chi connectivity index (χ3v) is 3.76. The van der Waals surface area contributed by atoms with Gasteiger partial charge in [-0.3, -0.25) is 4.79 Å². The van der Waals surface area contributed by atoms with Crippen molar-refractivity contribution in [2.75, 3.05) is 0 Å². The second kappa shape index (κ2) is 7.07. The van der Waals surface area contributed by atoms with Gasteiger partial charge in [-0.1, -0.05) is 66.2 Å². The van der Waals surface area contributed by atoms with Crippen LogP contribution in [-0.4, -0.2) is 12.1 Å². The zero-order valence-corrected chi connectivity index (χ0v) is 13.1. The van der Waals surface area contributed by atoms with Gasteiger partial charge in [-0.15, -0.1) is 0 Å². The van der Waals surface area contributed by atoms with Gasteiger partial charge in [0.2, 0.25) is 5.91 Å². The number of benzene rings is 3. The van der Waals surface area contributed by atoms with Crippen LogP contribution in [0.5, 0.6) is 0 Å². The highest BCUT2D eigenvalue weighted by Gasteiger charge is 2.05. The summed E-state index contributed by atoms with van der Waals surface area (Å²) in [4.78, 5) is 12.1. The minimum atomic E-state index is -0.147. The number of amides is 1. The maximum Gasteiger partial charge on any atom is 0.244 e. The van der Waals surface area contributed by atoms with Crippen molar-refractivity contribution < 1.29 is 4.79 Å². The molecule has 0 radical (unpaired) electrons. The van der Waals surface area contributed by atoms with Gasteiger partial charge in [0.1, 0.15) is 0 Å². The number of carbonyl (C=O) groups is 1. The van der Waals surface area contributed by atoms with E-state index in [1.165, 1.54) is 0 Å². The zero-order chi connectivity index (χ0) is 16.1. The monoisotopic (exact) mass is 322 g/mol. The van der Waals surface area contributed by atoms with Crippen molar-refractivity contribution in [3.63, 3.8) is 0 Å². The molecule has 0 saturated heterocycles. The lowest BCUT2D eigenvalue weighted by Gasteiger charge is -2.05. The van der Waals surface area contributed by atoms with E-state index in [9.17, 15) is 4.79 Å². The van der Waals surface area contributed by atoms with Crippen molar-refractivity contribution in [1.29, 1.82) is 0 Å². The number of carbonyl (C=O) groups excluding carboxylic acids is 1. The average Bonchev–Trinajstić information content (AvgIpc) is 2.57. The highest BCUT2D eigenvalue weighted by Crippen LogP contribution is 2.18. The molecule has 0 heterocycles. The van der Waals surface area contributed by atoms with E-state index in [1.807, 2.05) is 54.6 Å². The second-order valence-electron chi connectivity index (χ2n) is 5.16. The molecule has 1 N–H and O–H groups in total. The predicted molar refractivity (Wildman–Crippen MR) is 94.8 cm³/mol. The van der Waals surface area contributed by atoms with Crippen LogP contribution in [0.25, 0.3) is 10.8 Å². The van der Waals surface area contributed by atoms with Gasteiger partial charge < -0.3 is 0 Å². The number of rotatable bonds is 4. The van der Waals surface area contributed by atoms with Crippen LogP contribution in [0.4, 0.5) is 0 Å². The van der Waals surface area contributed by atoms with Gasteiger partial charge >= 0.3 is 0 Å². The molecule has 23 heavy (non-hydrogen) atoms. The first-order valence-electron chi connectivity index (χ1n) is 7.26. The van der Waals surface area contributed by atoms with Crippen LogP contribution in [0, 0.1) is 0 Å². The van der Waals surface area contributed by atoms with E-state index in [0.717, 1.165) is 21.9 Å². The molecule has 3 nitrogen and oxygen atoms in total. The van der Waals surface area contributed by atoms with Gasteiger partial charge in [-0.2, -0.15) is 5.10 Å². The van der Waals surface area contributed by atoms with Crippen LogP contribution in [0.1, 0.15) is 11.1 Å². The highest BCUT2D eigenvalue weighted by atomic mass is 35.5. The molecule has 114 valence electrons. The Balaban J connectivity index is 1.66. The van der Waals surface area contributed by atoms with Crippen LogP contribution in [-0.2, 0) is 11.2 Å². The molecule has 0 saturated carbocycles. The van der Waals surface area contributed by atoms with E-state index >= 15 is 0 Å². The van der Waals surface area contributed by atoms with Crippen molar-refractivity contribution in [2.24, 2.45) is 5.10 Å². The van der Waals surface area contributed by atoms with Crippen LogP contribution in [0.15, 0.2) is 71.8 Å². The van der Waals surface area contributed by atoms with Crippen molar-refractivity contribution in [3.05, 3.63) is 82.9 Å². The first-order valence-corrected chi connectivity index (χ1v) is 7.64. The molecule has 0 bridgehead atoms. The van der Waals surface area contributed by atoms with E-state index in [4.69, 9.17) is 11.6 Å². The molecule has 0 spiro atoms. The zero-order valence-electron chi connectivity index (χ0n) is 12.4. The van der Waals surface area contributed by atoms with E-state index < -0.39 is 0 Å². The molecule has 0 unspecified atom stereocenters. The molecule has 3 aromatic rings. The fourth-order valence-corrected chi connectivity index (χ4v) is 2.51. The first-order chi connectivity index (χ1) is 11.2. The van der Waals surface area contributed by atoms with Gasteiger partial charge in [0.25, 0.3) is 0 Å². The van der Waals surface area contributed by atoms with Gasteiger partial charge in [0.15, 0.2) is 0 Å². The number of halogens is 1. The Morgan fingerprint density at radius 3 is 2.57 bits per heavy atom. The van der Waals surface area contributed by atoms with E-state index in [0.29, 0.717) is 11.4 Å². The Morgan fingerprint density at radius 2 is 1.74 bits per heavy atom. The SMILES string of the molecule is O=C(Cc1cccc2ccccc12)N/N=C\c1ccc(Cl)cc1. The van der Waals surface area contributed by atoms with Gasteiger partial charge in [-0.05, 0) is 34.0 Å². The molecule has 0 fully saturated rings. The summed E-state index contributed by atoms with van der Waals surface area (Å²) in [5.41, 5.74) is 4.42. The summed E-state index contributed by atoms with van der Waals surface area (Å²) in [6.45, 7) is 0. The van der Waals surface area contributed by atoms with Crippen molar-refractivity contribution in [3.8, 4) is 0 Å². The van der Waals surface area contributed by atoms with Crippen molar-refractivity contribution in [1.82, 2.24) is 5.43 Å². The summed E-state index contributed by atoms with van der Waals surface area (Å²) < 4.78 is 0. The number of nitrogens with zero attached hydrogens (tertiary/aromatic N) is 1. The summed E-state index contributed by atoms with van der Waals surface area (Å²) >= 11 is 5.82. The summed E-state index contributed by atoms with van der Waals surface area (Å²) in [5.74, 6) is -0.147. The number of nitrogens with one attached hydrogen (secondary N) is 1.